The fraction of sp³-hybridized carbons (Fsp3) is 0.464. The fourth-order valence-corrected chi connectivity index (χ4v) is 5.87. The van der Waals surface area contributed by atoms with Gasteiger partial charge in [0, 0.05) is 24.1 Å². The summed E-state index contributed by atoms with van der Waals surface area (Å²) >= 11 is 0. The Morgan fingerprint density at radius 1 is 1.11 bits per heavy atom. The molecule has 0 saturated heterocycles. The molecular formula is C28H33N3O4. The summed E-state index contributed by atoms with van der Waals surface area (Å²) in [5.41, 5.74) is 6.27. The number of methoxy groups -OCH3 is 1. The van der Waals surface area contributed by atoms with Gasteiger partial charge in [-0.15, -0.1) is 0 Å². The minimum Gasteiger partial charge on any atom is -0.481 e. The summed E-state index contributed by atoms with van der Waals surface area (Å²) < 4.78 is 7.38. The number of carbonyl (C=O) groups is 2. The van der Waals surface area contributed by atoms with E-state index in [1.807, 2.05) is 13.0 Å². The second-order valence-electron chi connectivity index (χ2n) is 10.1. The fourth-order valence-electron chi connectivity index (χ4n) is 5.87. The van der Waals surface area contributed by atoms with Gasteiger partial charge in [-0.25, -0.2) is 9.78 Å². The van der Waals surface area contributed by atoms with Crippen LogP contribution in [0.15, 0.2) is 36.4 Å². The third-order valence-electron chi connectivity index (χ3n) is 7.74. The standard InChI is InChI=1S/C28H33N3O4/c1-17-7-10-19(11-8-17)15-25-29-26-22-12-9-18(2)30(28(34)35-3)23(22)13-14-24(26)31(25)21-6-4-5-20(16-21)27(32)33/h7-8,10-11,13-14,18,20-21H,4-6,9,12,15-16H2,1-3H3,(H,32,33)/t18?,20-,21-/m1/s1. The number of nitrogens with zero attached hydrogens (tertiary/aromatic N) is 3. The minimum absolute atomic E-state index is 0.0520. The first-order chi connectivity index (χ1) is 16.9. The SMILES string of the molecule is COC(=O)N1c2ccc3c(nc(Cc4ccc(C)cc4)n3[C@@H]3CCC[C@@H](C(=O)O)C3)c2CCC1C. The number of carboxylic acids is 1. The number of imidazole rings is 1. The van der Waals surface area contributed by atoms with Crippen molar-refractivity contribution in [3.05, 3.63) is 58.9 Å². The van der Waals surface area contributed by atoms with Gasteiger partial charge in [-0.1, -0.05) is 36.2 Å². The molecule has 1 aliphatic carbocycles. The Morgan fingerprint density at radius 3 is 2.60 bits per heavy atom. The second-order valence-corrected chi connectivity index (χ2v) is 10.1. The first-order valence-corrected chi connectivity index (χ1v) is 12.6. The summed E-state index contributed by atoms with van der Waals surface area (Å²) in [5.74, 6) is -0.0810. The minimum atomic E-state index is -0.709. The molecular weight excluding hydrogens is 442 g/mol. The van der Waals surface area contributed by atoms with Gasteiger partial charge in [-0.05, 0) is 63.6 Å². The molecule has 184 valence electrons. The number of carbonyl (C=O) groups excluding carboxylic acids is 1. The van der Waals surface area contributed by atoms with Crippen molar-refractivity contribution in [2.24, 2.45) is 5.92 Å². The highest BCUT2D eigenvalue weighted by Gasteiger charge is 2.34. The van der Waals surface area contributed by atoms with E-state index in [0.29, 0.717) is 12.8 Å². The molecule has 1 aromatic heterocycles. The molecule has 0 bridgehead atoms. The highest BCUT2D eigenvalue weighted by atomic mass is 16.5. The first kappa shape index (κ1) is 23.4. The highest BCUT2D eigenvalue weighted by molar-refractivity contribution is 5.95. The molecule has 3 aromatic rings. The van der Waals surface area contributed by atoms with Crippen LogP contribution in [0.3, 0.4) is 0 Å². The maximum atomic E-state index is 12.6. The van der Waals surface area contributed by atoms with Crippen molar-refractivity contribution in [3.63, 3.8) is 0 Å². The second kappa shape index (κ2) is 9.36. The van der Waals surface area contributed by atoms with Gasteiger partial charge < -0.3 is 14.4 Å². The van der Waals surface area contributed by atoms with E-state index in [2.05, 4.69) is 41.8 Å². The molecule has 1 amide bonds. The Balaban J connectivity index is 1.65. The smallest absolute Gasteiger partial charge is 0.414 e. The molecule has 2 aromatic carbocycles. The van der Waals surface area contributed by atoms with Gasteiger partial charge in [0.25, 0.3) is 0 Å². The lowest BCUT2D eigenvalue weighted by Crippen LogP contribution is -2.42. The topological polar surface area (TPSA) is 84.7 Å². The lowest BCUT2D eigenvalue weighted by molar-refractivity contribution is -0.143. The Hall–Kier alpha value is -3.35. The largest absolute Gasteiger partial charge is 0.481 e. The lowest BCUT2D eigenvalue weighted by atomic mass is 9.85. The van der Waals surface area contributed by atoms with Crippen molar-refractivity contribution in [3.8, 4) is 0 Å². The van der Waals surface area contributed by atoms with Gasteiger partial charge in [0.2, 0.25) is 0 Å². The van der Waals surface area contributed by atoms with Crippen molar-refractivity contribution >= 4 is 28.8 Å². The van der Waals surface area contributed by atoms with Crippen LogP contribution in [0.25, 0.3) is 11.0 Å². The van der Waals surface area contributed by atoms with Crippen LogP contribution in [0.4, 0.5) is 10.5 Å². The van der Waals surface area contributed by atoms with E-state index >= 15 is 0 Å². The third kappa shape index (κ3) is 4.28. The number of aromatic nitrogens is 2. The van der Waals surface area contributed by atoms with Crippen LogP contribution in [0.2, 0.25) is 0 Å². The zero-order chi connectivity index (χ0) is 24.7. The monoisotopic (exact) mass is 475 g/mol. The van der Waals surface area contributed by atoms with E-state index < -0.39 is 5.97 Å². The van der Waals surface area contributed by atoms with Gasteiger partial charge in [0.05, 0.1) is 29.7 Å². The Bertz CT molecular complexity index is 1260. The number of fused-ring (bicyclic) bond motifs is 3. The van der Waals surface area contributed by atoms with Crippen LogP contribution in [0, 0.1) is 12.8 Å². The number of benzene rings is 2. The average Bonchev–Trinajstić information content (AvgIpc) is 3.23. The number of rotatable bonds is 4. The van der Waals surface area contributed by atoms with Crippen molar-refractivity contribution < 1.29 is 19.4 Å². The molecule has 2 heterocycles. The number of aryl methyl sites for hydroxylation is 2. The van der Waals surface area contributed by atoms with E-state index in [9.17, 15) is 14.7 Å². The summed E-state index contributed by atoms with van der Waals surface area (Å²) in [6.07, 6.45) is 5.18. The van der Waals surface area contributed by atoms with Gasteiger partial charge >= 0.3 is 12.1 Å². The molecule has 35 heavy (non-hydrogen) atoms. The van der Waals surface area contributed by atoms with Gasteiger partial charge in [0.15, 0.2) is 0 Å². The van der Waals surface area contributed by atoms with Crippen LogP contribution in [0.1, 0.15) is 67.6 Å². The van der Waals surface area contributed by atoms with Crippen molar-refractivity contribution in [2.75, 3.05) is 12.0 Å². The highest BCUT2D eigenvalue weighted by Crippen LogP contribution is 2.40. The van der Waals surface area contributed by atoms with E-state index in [-0.39, 0.29) is 24.1 Å². The Kier molecular flexibility index (Phi) is 6.26. The molecule has 7 heteroatoms. The van der Waals surface area contributed by atoms with E-state index in [0.717, 1.165) is 60.2 Å². The molecule has 2 aliphatic rings. The predicted octanol–water partition coefficient (Wildman–Crippen LogP) is 5.66. The predicted molar refractivity (Wildman–Crippen MR) is 135 cm³/mol. The molecule has 7 nitrogen and oxygen atoms in total. The number of amides is 1. The molecule has 1 unspecified atom stereocenters. The van der Waals surface area contributed by atoms with Gasteiger partial charge in [-0.2, -0.15) is 0 Å². The summed E-state index contributed by atoms with van der Waals surface area (Å²) in [5, 5.41) is 9.71. The Morgan fingerprint density at radius 2 is 1.89 bits per heavy atom. The number of anilines is 1. The quantitative estimate of drug-likeness (QED) is 0.526. The Labute approximate surface area is 205 Å². The molecule has 5 rings (SSSR count). The van der Waals surface area contributed by atoms with Crippen LogP contribution in [-0.4, -0.2) is 39.9 Å². The number of ether oxygens (including phenoxy) is 1. The summed E-state index contributed by atoms with van der Waals surface area (Å²) in [6.45, 7) is 4.12. The summed E-state index contributed by atoms with van der Waals surface area (Å²) in [6, 6.07) is 12.7. The number of hydrogen-bond donors (Lipinski definition) is 1. The normalized spacial score (nSPS) is 22.1. The summed E-state index contributed by atoms with van der Waals surface area (Å²) in [7, 11) is 1.41. The van der Waals surface area contributed by atoms with E-state index in [4.69, 9.17) is 9.72 Å². The lowest BCUT2D eigenvalue weighted by Gasteiger charge is -2.34. The number of hydrogen-bond acceptors (Lipinski definition) is 4. The van der Waals surface area contributed by atoms with Crippen molar-refractivity contribution in [1.82, 2.24) is 9.55 Å². The average molecular weight is 476 g/mol. The van der Waals surface area contributed by atoms with Crippen molar-refractivity contribution in [2.45, 2.75) is 70.9 Å². The molecule has 1 aliphatic heterocycles. The third-order valence-corrected chi connectivity index (χ3v) is 7.74. The van der Waals surface area contributed by atoms with E-state index in [1.165, 1.54) is 18.2 Å². The molecule has 0 spiro atoms. The maximum Gasteiger partial charge on any atom is 0.414 e. The van der Waals surface area contributed by atoms with Crippen LogP contribution >= 0.6 is 0 Å². The van der Waals surface area contributed by atoms with Gasteiger partial charge in [-0.3, -0.25) is 9.69 Å². The summed E-state index contributed by atoms with van der Waals surface area (Å²) in [4.78, 5) is 31.3. The van der Waals surface area contributed by atoms with Crippen LogP contribution < -0.4 is 4.90 Å². The van der Waals surface area contributed by atoms with Crippen LogP contribution in [0.5, 0.6) is 0 Å². The zero-order valence-corrected chi connectivity index (χ0v) is 20.7. The molecule has 0 radical (unpaired) electrons. The van der Waals surface area contributed by atoms with Crippen molar-refractivity contribution in [1.29, 1.82) is 0 Å². The molecule has 1 N–H and O–H groups in total. The number of carboxylic acid groups (broad SMARTS) is 1. The van der Waals surface area contributed by atoms with Crippen LogP contribution in [-0.2, 0) is 22.4 Å². The first-order valence-electron chi connectivity index (χ1n) is 12.6. The molecule has 1 saturated carbocycles. The molecule has 3 atom stereocenters. The maximum absolute atomic E-state index is 12.6. The molecule has 1 fully saturated rings. The van der Waals surface area contributed by atoms with Gasteiger partial charge in [0.1, 0.15) is 5.82 Å². The zero-order valence-electron chi connectivity index (χ0n) is 20.7. The number of aliphatic carboxylic acids is 1. The van der Waals surface area contributed by atoms with E-state index in [1.54, 1.807) is 4.90 Å².